The van der Waals surface area contributed by atoms with Crippen molar-refractivity contribution in [2.75, 3.05) is 13.2 Å². The van der Waals surface area contributed by atoms with Crippen molar-refractivity contribution >= 4 is 0 Å². The van der Waals surface area contributed by atoms with Crippen LogP contribution in [-0.2, 0) is 11.2 Å². The molecule has 0 aliphatic heterocycles. The lowest BCUT2D eigenvalue weighted by Crippen LogP contribution is -2.07. The van der Waals surface area contributed by atoms with E-state index in [1.54, 1.807) is 0 Å². The van der Waals surface area contributed by atoms with Crippen molar-refractivity contribution < 1.29 is 9.47 Å². The molecule has 1 unspecified atom stereocenters. The largest absolute Gasteiger partial charge is 0.493 e. The number of unbranched alkanes of at least 4 members (excludes halogenated alkanes) is 7. The maximum Gasteiger partial charge on any atom is 0.122 e. The number of hydrogen-bond donors (Lipinski definition) is 0. The van der Waals surface area contributed by atoms with Gasteiger partial charge in [0.05, 0.1) is 12.7 Å². The maximum atomic E-state index is 6.06. The van der Waals surface area contributed by atoms with E-state index < -0.39 is 0 Å². The highest BCUT2D eigenvalue weighted by molar-refractivity contribution is 5.33. The van der Waals surface area contributed by atoms with Crippen LogP contribution in [-0.4, -0.2) is 19.3 Å². The van der Waals surface area contributed by atoms with E-state index in [0.29, 0.717) is 6.10 Å². The fourth-order valence-corrected chi connectivity index (χ4v) is 3.21. The van der Waals surface area contributed by atoms with E-state index in [-0.39, 0.29) is 0 Å². The normalized spacial score (nSPS) is 12.3. The highest BCUT2D eigenvalue weighted by Crippen LogP contribution is 2.21. The number of ether oxygens (including phenoxy) is 2. The number of rotatable bonds is 16. The zero-order chi connectivity index (χ0) is 18.2. The lowest BCUT2D eigenvalue weighted by molar-refractivity contribution is 0.0681. The van der Waals surface area contributed by atoms with E-state index in [2.05, 4.69) is 45.0 Å². The Labute approximate surface area is 156 Å². The molecule has 2 heteroatoms. The molecule has 0 aromatic heterocycles. The topological polar surface area (TPSA) is 18.5 Å². The first kappa shape index (κ1) is 22.0. The quantitative estimate of drug-likeness (QED) is 0.301. The first-order chi connectivity index (χ1) is 12.3. The van der Waals surface area contributed by atoms with Crippen LogP contribution < -0.4 is 4.74 Å². The second kappa shape index (κ2) is 15.3. The molecule has 0 N–H and O–H groups in total. The summed E-state index contributed by atoms with van der Waals surface area (Å²) in [7, 11) is 0. The van der Waals surface area contributed by atoms with Gasteiger partial charge in [-0.2, -0.15) is 0 Å². The monoisotopic (exact) mass is 348 g/mol. The molecule has 1 atom stereocenters. The molecule has 1 rings (SSSR count). The molecule has 1 aromatic carbocycles. The highest BCUT2D eigenvalue weighted by atomic mass is 16.5. The Morgan fingerprint density at radius 3 is 2.36 bits per heavy atom. The minimum atomic E-state index is 0.393. The van der Waals surface area contributed by atoms with Gasteiger partial charge in [0.1, 0.15) is 5.75 Å². The van der Waals surface area contributed by atoms with E-state index in [0.717, 1.165) is 38.2 Å². The molecule has 0 fully saturated rings. The standard InChI is InChI=1S/C23H40O2/c1-4-6-7-8-9-12-17-22-18-13-14-19-23(22)25-20-15-10-11-16-21(3)24-5-2/h13-14,18-19,21H,4-12,15-17,20H2,1-3H3. The van der Waals surface area contributed by atoms with Crippen LogP contribution in [0.4, 0.5) is 0 Å². The van der Waals surface area contributed by atoms with Crippen molar-refractivity contribution in [3.05, 3.63) is 29.8 Å². The molecule has 0 amide bonds. The van der Waals surface area contributed by atoms with Crippen LogP contribution in [0.2, 0.25) is 0 Å². The van der Waals surface area contributed by atoms with Gasteiger partial charge in [-0.3, -0.25) is 0 Å². The summed E-state index contributed by atoms with van der Waals surface area (Å²) in [6.45, 7) is 8.15. The molecule has 0 bridgehead atoms. The summed E-state index contributed by atoms with van der Waals surface area (Å²) in [5, 5.41) is 0. The van der Waals surface area contributed by atoms with Crippen molar-refractivity contribution in [2.24, 2.45) is 0 Å². The lowest BCUT2D eigenvalue weighted by atomic mass is 10.0. The predicted octanol–water partition coefficient (Wildman–Crippen LogP) is 6.95. The number of hydrogen-bond acceptors (Lipinski definition) is 2. The summed E-state index contributed by atoms with van der Waals surface area (Å²) in [5.41, 5.74) is 1.38. The van der Waals surface area contributed by atoms with Gasteiger partial charge in [-0.05, 0) is 57.6 Å². The lowest BCUT2D eigenvalue weighted by Gasteiger charge is -2.13. The Bertz CT molecular complexity index is 416. The van der Waals surface area contributed by atoms with Gasteiger partial charge in [-0.1, -0.05) is 63.6 Å². The Kier molecular flexibility index (Phi) is 13.4. The summed E-state index contributed by atoms with van der Waals surface area (Å²) in [6, 6.07) is 8.58. The van der Waals surface area contributed by atoms with Crippen LogP contribution in [0, 0.1) is 0 Å². The molecule has 25 heavy (non-hydrogen) atoms. The average molecular weight is 349 g/mol. The molecule has 0 saturated heterocycles. The summed E-state index contributed by atoms with van der Waals surface area (Å²) in [6.07, 6.45) is 14.3. The van der Waals surface area contributed by atoms with Crippen LogP contribution >= 0.6 is 0 Å². The molecule has 0 heterocycles. The second-order valence-corrected chi connectivity index (χ2v) is 7.09. The molecule has 0 aliphatic carbocycles. The molecule has 0 aliphatic rings. The third-order valence-corrected chi connectivity index (χ3v) is 4.74. The van der Waals surface area contributed by atoms with E-state index in [1.807, 2.05) is 0 Å². The molecule has 144 valence electrons. The van der Waals surface area contributed by atoms with Gasteiger partial charge in [0.15, 0.2) is 0 Å². The molecule has 0 radical (unpaired) electrons. The van der Waals surface area contributed by atoms with Gasteiger partial charge in [0, 0.05) is 6.61 Å². The Balaban J connectivity index is 2.16. The number of aryl methyl sites for hydroxylation is 1. The molecule has 0 spiro atoms. The SMILES string of the molecule is CCCCCCCCc1ccccc1OCCCCCC(C)OCC. The number of benzene rings is 1. The minimum absolute atomic E-state index is 0.393. The van der Waals surface area contributed by atoms with Gasteiger partial charge in [-0.25, -0.2) is 0 Å². The van der Waals surface area contributed by atoms with Crippen LogP contribution in [0.15, 0.2) is 24.3 Å². The summed E-state index contributed by atoms with van der Waals surface area (Å²) in [5.74, 6) is 1.10. The van der Waals surface area contributed by atoms with Gasteiger partial charge in [-0.15, -0.1) is 0 Å². The third-order valence-electron chi connectivity index (χ3n) is 4.74. The predicted molar refractivity (Wildman–Crippen MR) is 109 cm³/mol. The fraction of sp³-hybridized carbons (Fsp3) is 0.739. The summed E-state index contributed by atoms with van der Waals surface area (Å²) >= 11 is 0. The Morgan fingerprint density at radius 1 is 0.840 bits per heavy atom. The zero-order valence-electron chi connectivity index (χ0n) is 16.9. The fourth-order valence-electron chi connectivity index (χ4n) is 3.21. The molecule has 1 aromatic rings. The van der Waals surface area contributed by atoms with Crippen LogP contribution in [0.25, 0.3) is 0 Å². The molecular formula is C23H40O2. The summed E-state index contributed by atoms with van der Waals surface area (Å²) < 4.78 is 11.6. The van der Waals surface area contributed by atoms with E-state index in [9.17, 15) is 0 Å². The van der Waals surface area contributed by atoms with Crippen LogP contribution in [0.3, 0.4) is 0 Å². The van der Waals surface area contributed by atoms with Crippen molar-refractivity contribution in [2.45, 2.75) is 97.5 Å². The van der Waals surface area contributed by atoms with Crippen molar-refractivity contribution in [3.63, 3.8) is 0 Å². The third kappa shape index (κ3) is 11.3. The second-order valence-electron chi connectivity index (χ2n) is 7.09. The van der Waals surface area contributed by atoms with Crippen molar-refractivity contribution in [1.82, 2.24) is 0 Å². The molecular weight excluding hydrogens is 308 g/mol. The molecule has 2 nitrogen and oxygen atoms in total. The first-order valence-corrected chi connectivity index (χ1v) is 10.6. The van der Waals surface area contributed by atoms with Crippen molar-refractivity contribution in [1.29, 1.82) is 0 Å². The van der Waals surface area contributed by atoms with Gasteiger partial charge >= 0.3 is 0 Å². The Hall–Kier alpha value is -1.02. The van der Waals surface area contributed by atoms with Gasteiger partial charge in [0.2, 0.25) is 0 Å². The number of para-hydroxylation sites is 1. The minimum Gasteiger partial charge on any atom is -0.493 e. The van der Waals surface area contributed by atoms with Crippen LogP contribution in [0.1, 0.15) is 90.5 Å². The molecule has 0 saturated carbocycles. The van der Waals surface area contributed by atoms with Gasteiger partial charge < -0.3 is 9.47 Å². The van der Waals surface area contributed by atoms with E-state index in [1.165, 1.54) is 56.9 Å². The maximum absolute atomic E-state index is 6.06. The van der Waals surface area contributed by atoms with Crippen LogP contribution in [0.5, 0.6) is 5.75 Å². The zero-order valence-corrected chi connectivity index (χ0v) is 16.9. The van der Waals surface area contributed by atoms with E-state index >= 15 is 0 Å². The summed E-state index contributed by atoms with van der Waals surface area (Å²) in [4.78, 5) is 0. The first-order valence-electron chi connectivity index (χ1n) is 10.6. The Morgan fingerprint density at radius 2 is 1.56 bits per heavy atom. The average Bonchev–Trinajstić information content (AvgIpc) is 2.62. The van der Waals surface area contributed by atoms with Crippen molar-refractivity contribution in [3.8, 4) is 5.75 Å². The highest BCUT2D eigenvalue weighted by Gasteiger charge is 2.04. The smallest absolute Gasteiger partial charge is 0.122 e. The van der Waals surface area contributed by atoms with Gasteiger partial charge in [0.25, 0.3) is 0 Å². The van der Waals surface area contributed by atoms with E-state index in [4.69, 9.17) is 9.47 Å².